The summed E-state index contributed by atoms with van der Waals surface area (Å²) in [4.78, 5) is 27.4. The maximum Gasteiger partial charge on any atom is 0.255 e. The van der Waals surface area contributed by atoms with Gasteiger partial charge >= 0.3 is 0 Å². The summed E-state index contributed by atoms with van der Waals surface area (Å²) in [6.45, 7) is 2.86. The maximum absolute atomic E-state index is 12.9. The molecule has 4 rings (SSSR count). The quantitative estimate of drug-likeness (QED) is 0.811. The molecule has 0 spiro atoms. The van der Waals surface area contributed by atoms with Crippen molar-refractivity contribution in [3.63, 3.8) is 0 Å². The van der Waals surface area contributed by atoms with Crippen molar-refractivity contribution >= 4 is 17.5 Å². The highest BCUT2D eigenvalue weighted by atomic mass is 16.5. The molecule has 2 aromatic rings. The van der Waals surface area contributed by atoms with Crippen LogP contribution in [-0.4, -0.2) is 43.0 Å². The van der Waals surface area contributed by atoms with Gasteiger partial charge in [-0.3, -0.25) is 9.59 Å². The third-order valence-corrected chi connectivity index (χ3v) is 5.53. The molecule has 1 N–H and O–H groups in total. The van der Waals surface area contributed by atoms with Crippen LogP contribution in [0.5, 0.6) is 11.5 Å². The van der Waals surface area contributed by atoms with Gasteiger partial charge in [-0.05, 0) is 55.5 Å². The number of anilines is 1. The summed E-state index contributed by atoms with van der Waals surface area (Å²) in [5, 5.41) is 2.93. The minimum Gasteiger partial charge on any atom is -0.490 e. The minimum atomic E-state index is -0.110. The number of likely N-dealkylation sites (tertiary alicyclic amines) is 1. The van der Waals surface area contributed by atoms with Gasteiger partial charge in [0, 0.05) is 25.9 Å². The Morgan fingerprint density at radius 3 is 2.50 bits per heavy atom. The van der Waals surface area contributed by atoms with Gasteiger partial charge in [0.05, 0.1) is 24.5 Å². The first-order valence-electron chi connectivity index (χ1n) is 10.8. The van der Waals surface area contributed by atoms with Crippen molar-refractivity contribution < 1.29 is 19.1 Å². The number of aryl methyl sites for hydroxylation is 1. The molecule has 2 aliphatic heterocycles. The van der Waals surface area contributed by atoms with E-state index in [4.69, 9.17) is 9.47 Å². The van der Waals surface area contributed by atoms with Crippen LogP contribution >= 0.6 is 0 Å². The largest absolute Gasteiger partial charge is 0.490 e. The van der Waals surface area contributed by atoms with E-state index >= 15 is 0 Å². The average molecular weight is 408 g/mol. The first kappa shape index (κ1) is 20.3. The Balaban J connectivity index is 1.38. The molecule has 0 saturated carbocycles. The van der Waals surface area contributed by atoms with Crippen LogP contribution in [0.2, 0.25) is 0 Å². The third-order valence-electron chi connectivity index (χ3n) is 5.53. The van der Waals surface area contributed by atoms with Crippen LogP contribution in [0.15, 0.2) is 42.5 Å². The third kappa shape index (κ3) is 4.93. The second kappa shape index (κ2) is 9.65. The number of hydrogen-bond acceptors (Lipinski definition) is 4. The maximum atomic E-state index is 12.9. The standard InChI is InChI=1S/C24H28N2O4/c27-23(12-10-18-9-11-21-22(17-18)30-16-6-15-29-21)25-20-8-3-2-7-19(20)24(28)26-13-4-1-5-14-26/h2-3,7-9,11,17H,1,4-6,10,12-16H2,(H,25,27). The van der Waals surface area contributed by atoms with Crippen LogP contribution < -0.4 is 14.8 Å². The van der Waals surface area contributed by atoms with E-state index < -0.39 is 0 Å². The Kier molecular flexibility index (Phi) is 6.52. The fraction of sp³-hybridized carbons (Fsp3) is 0.417. The van der Waals surface area contributed by atoms with E-state index in [0.29, 0.717) is 37.3 Å². The smallest absolute Gasteiger partial charge is 0.255 e. The number of fused-ring (bicyclic) bond motifs is 1. The molecule has 0 bridgehead atoms. The first-order valence-corrected chi connectivity index (χ1v) is 10.8. The van der Waals surface area contributed by atoms with E-state index in [1.54, 1.807) is 12.1 Å². The molecule has 1 saturated heterocycles. The lowest BCUT2D eigenvalue weighted by atomic mass is 10.1. The first-order chi connectivity index (χ1) is 14.7. The molecule has 6 nitrogen and oxygen atoms in total. The van der Waals surface area contributed by atoms with Crippen molar-refractivity contribution in [1.29, 1.82) is 0 Å². The Morgan fingerprint density at radius 1 is 0.900 bits per heavy atom. The van der Waals surface area contributed by atoms with Gasteiger partial charge in [0.15, 0.2) is 11.5 Å². The molecule has 0 radical (unpaired) electrons. The van der Waals surface area contributed by atoms with Gasteiger partial charge in [0.25, 0.3) is 5.91 Å². The summed E-state index contributed by atoms with van der Waals surface area (Å²) in [6.07, 6.45) is 5.02. The molecule has 1 fully saturated rings. The van der Waals surface area contributed by atoms with E-state index in [9.17, 15) is 9.59 Å². The minimum absolute atomic E-state index is 0.00602. The Morgan fingerprint density at radius 2 is 1.67 bits per heavy atom. The zero-order chi connectivity index (χ0) is 20.8. The van der Waals surface area contributed by atoms with Crippen LogP contribution in [0.4, 0.5) is 5.69 Å². The summed E-state index contributed by atoms with van der Waals surface area (Å²) in [5.41, 5.74) is 2.16. The Hall–Kier alpha value is -3.02. The molecule has 158 valence electrons. The fourth-order valence-electron chi connectivity index (χ4n) is 3.88. The van der Waals surface area contributed by atoms with Crippen LogP contribution in [0.3, 0.4) is 0 Å². The number of piperidine rings is 1. The van der Waals surface area contributed by atoms with Crippen molar-refractivity contribution in [2.24, 2.45) is 0 Å². The monoisotopic (exact) mass is 408 g/mol. The molecule has 0 aromatic heterocycles. The lowest BCUT2D eigenvalue weighted by Gasteiger charge is -2.27. The molecule has 30 heavy (non-hydrogen) atoms. The molecule has 2 heterocycles. The highest BCUT2D eigenvalue weighted by Crippen LogP contribution is 2.30. The highest BCUT2D eigenvalue weighted by molar-refractivity contribution is 6.03. The van der Waals surface area contributed by atoms with Gasteiger partial charge in [-0.25, -0.2) is 0 Å². The van der Waals surface area contributed by atoms with Crippen LogP contribution in [-0.2, 0) is 11.2 Å². The van der Waals surface area contributed by atoms with E-state index in [-0.39, 0.29) is 11.8 Å². The van der Waals surface area contributed by atoms with Crippen molar-refractivity contribution in [2.75, 3.05) is 31.6 Å². The summed E-state index contributed by atoms with van der Waals surface area (Å²) in [6, 6.07) is 13.1. The topological polar surface area (TPSA) is 67.9 Å². The van der Waals surface area contributed by atoms with Crippen molar-refractivity contribution in [2.45, 2.75) is 38.5 Å². The SMILES string of the molecule is O=C(CCc1ccc2c(c1)OCCCO2)Nc1ccccc1C(=O)N1CCCCC1. The number of rotatable bonds is 5. The van der Waals surface area contributed by atoms with E-state index in [2.05, 4.69) is 5.32 Å². The molecule has 2 aliphatic rings. The molecule has 0 atom stereocenters. The van der Waals surface area contributed by atoms with Gasteiger partial charge in [-0.1, -0.05) is 18.2 Å². The second-order valence-electron chi connectivity index (χ2n) is 7.78. The number of nitrogens with zero attached hydrogens (tertiary/aromatic N) is 1. The average Bonchev–Trinajstić information content (AvgIpc) is 3.03. The van der Waals surface area contributed by atoms with Gasteiger partial charge < -0.3 is 19.7 Å². The number of nitrogens with one attached hydrogen (secondary N) is 1. The zero-order valence-electron chi connectivity index (χ0n) is 17.2. The predicted molar refractivity (Wildman–Crippen MR) is 115 cm³/mol. The number of carbonyl (C=O) groups excluding carboxylic acids is 2. The van der Waals surface area contributed by atoms with Gasteiger partial charge in [-0.2, -0.15) is 0 Å². The van der Waals surface area contributed by atoms with Crippen LogP contribution in [0, 0.1) is 0 Å². The molecular formula is C24H28N2O4. The number of hydrogen-bond donors (Lipinski definition) is 1. The molecule has 2 aromatic carbocycles. The summed E-state index contributed by atoms with van der Waals surface area (Å²) < 4.78 is 11.4. The lowest BCUT2D eigenvalue weighted by molar-refractivity contribution is -0.116. The zero-order valence-corrected chi connectivity index (χ0v) is 17.2. The van der Waals surface area contributed by atoms with Crippen LogP contribution in [0.25, 0.3) is 0 Å². The van der Waals surface area contributed by atoms with Crippen LogP contribution in [0.1, 0.15) is 48.0 Å². The normalized spacial score (nSPS) is 15.9. The van der Waals surface area contributed by atoms with Crippen molar-refractivity contribution in [3.05, 3.63) is 53.6 Å². The molecular weight excluding hydrogens is 380 g/mol. The summed E-state index contributed by atoms with van der Waals surface area (Å²) in [7, 11) is 0. The van der Waals surface area contributed by atoms with Gasteiger partial charge in [0.2, 0.25) is 5.91 Å². The van der Waals surface area contributed by atoms with Gasteiger partial charge in [-0.15, -0.1) is 0 Å². The fourth-order valence-corrected chi connectivity index (χ4v) is 3.88. The summed E-state index contributed by atoms with van der Waals surface area (Å²) >= 11 is 0. The lowest BCUT2D eigenvalue weighted by Crippen LogP contribution is -2.36. The van der Waals surface area contributed by atoms with Gasteiger partial charge in [0.1, 0.15) is 0 Å². The number of benzene rings is 2. The molecule has 0 aliphatic carbocycles. The highest BCUT2D eigenvalue weighted by Gasteiger charge is 2.21. The number of amides is 2. The number of carbonyl (C=O) groups is 2. The molecule has 2 amide bonds. The van der Waals surface area contributed by atoms with E-state index in [1.807, 2.05) is 35.2 Å². The van der Waals surface area contributed by atoms with E-state index in [1.165, 1.54) is 6.42 Å². The summed E-state index contributed by atoms with van der Waals surface area (Å²) in [5.74, 6) is 1.38. The Labute approximate surface area is 177 Å². The second-order valence-corrected chi connectivity index (χ2v) is 7.78. The van der Waals surface area contributed by atoms with Crippen molar-refractivity contribution in [3.8, 4) is 11.5 Å². The van der Waals surface area contributed by atoms with E-state index in [0.717, 1.165) is 49.4 Å². The Bertz CT molecular complexity index is 906. The molecule has 6 heteroatoms. The number of para-hydroxylation sites is 1. The predicted octanol–water partition coefficient (Wildman–Crippen LogP) is 4.05. The molecule has 0 unspecified atom stereocenters. The number of ether oxygens (including phenoxy) is 2. The van der Waals surface area contributed by atoms with Crippen molar-refractivity contribution in [1.82, 2.24) is 4.90 Å².